The summed E-state index contributed by atoms with van der Waals surface area (Å²) >= 11 is 1.44. The van der Waals surface area contributed by atoms with Crippen LogP contribution in [0, 0.1) is 6.92 Å². The number of rotatable bonds is 5. The highest BCUT2D eigenvalue weighted by Gasteiger charge is 2.11. The lowest BCUT2D eigenvalue weighted by Crippen LogP contribution is -2.12. The van der Waals surface area contributed by atoms with Crippen molar-refractivity contribution in [2.45, 2.75) is 19.9 Å². The number of anilines is 1. The number of pyridine rings is 1. The number of hydrogen-bond acceptors (Lipinski definition) is 4. The second-order valence-electron chi connectivity index (χ2n) is 4.92. The van der Waals surface area contributed by atoms with Crippen molar-refractivity contribution in [2.75, 3.05) is 5.32 Å². The number of aromatic nitrogens is 3. The molecule has 0 aromatic carbocycles. The molecule has 3 aromatic heterocycles. The van der Waals surface area contributed by atoms with E-state index >= 15 is 0 Å². The Labute approximate surface area is 132 Å². The van der Waals surface area contributed by atoms with Crippen LogP contribution in [-0.2, 0) is 13.0 Å². The van der Waals surface area contributed by atoms with Crippen molar-refractivity contribution in [3.63, 3.8) is 0 Å². The smallest absolute Gasteiger partial charge is 0.267 e. The van der Waals surface area contributed by atoms with Gasteiger partial charge in [0.05, 0.1) is 4.88 Å². The molecule has 0 unspecified atom stereocenters. The molecular formula is C16H16N4OS. The first-order valence-corrected chi connectivity index (χ1v) is 7.89. The van der Waals surface area contributed by atoms with E-state index in [1.54, 1.807) is 12.3 Å². The molecule has 3 rings (SSSR count). The predicted molar refractivity (Wildman–Crippen MR) is 87.2 cm³/mol. The maximum Gasteiger partial charge on any atom is 0.267 e. The summed E-state index contributed by atoms with van der Waals surface area (Å²) in [6.45, 7) is 2.65. The molecule has 1 amide bonds. The van der Waals surface area contributed by atoms with E-state index in [-0.39, 0.29) is 5.91 Å². The minimum absolute atomic E-state index is 0.109. The second kappa shape index (κ2) is 6.53. The van der Waals surface area contributed by atoms with Gasteiger partial charge in [-0.05, 0) is 36.1 Å². The fraction of sp³-hybridized carbons (Fsp3) is 0.188. The van der Waals surface area contributed by atoms with Gasteiger partial charge in [0.25, 0.3) is 5.91 Å². The van der Waals surface area contributed by atoms with Crippen LogP contribution >= 0.6 is 11.3 Å². The van der Waals surface area contributed by atoms with Crippen LogP contribution in [0.5, 0.6) is 0 Å². The summed E-state index contributed by atoms with van der Waals surface area (Å²) in [5, 5.41) is 9.11. The highest BCUT2D eigenvalue weighted by molar-refractivity contribution is 7.12. The third kappa shape index (κ3) is 3.40. The van der Waals surface area contributed by atoms with Gasteiger partial charge in [-0.15, -0.1) is 11.3 Å². The van der Waals surface area contributed by atoms with E-state index in [4.69, 9.17) is 0 Å². The van der Waals surface area contributed by atoms with Gasteiger partial charge in [-0.25, -0.2) is 0 Å². The third-order valence-corrected chi connectivity index (χ3v) is 4.29. The van der Waals surface area contributed by atoms with Crippen molar-refractivity contribution in [3.8, 4) is 0 Å². The molecule has 5 nitrogen and oxygen atoms in total. The average Bonchev–Trinajstić information content (AvgIpc) is 3.15. The Morgan fingerprint density at radius 3 is 2.95 bits per heavy atom. The molecule has 0 aliphatic carbocycles. The predicted octanol–water partition coefficient (Wildman–Crippen LogP) is 3.14. The van der Waals surface area contributed by atoms with E-state index in [1.165, 1.54) is 11.3 Å². The fourth-order valence-corrected chi connectivity index (χ4v) is 2.93. The Morgan fingerprint density at radius 1 is 1.32 bits per heavy atom. The van der Waals surface area contributed by atoms with Crippen LogP contribution in [0.25, 0.3) is 0 Å². The van der Waals surface area contributed by atoms with Gasteiger partial charge in [-0.3, -0.25) is 14.5 Å². The van der Waals surface area contributed by atoms with Gasteiger partial charge in [0, 0.05) is 37.1 Å². The molecule has 0 atom stereocenters. The lowest BCUT2D eigenvalue weighted by molar-refractivity contribution is 0.102. The van der Waals surface area contributed by atoms with Crippen molar-refractivity contribution in [1.82, 2.24) is 14.8 Å². The number of nitrogens with zero attached hydrogens (tertiary/aromatic N) is 3. The van der Waals surface area contributed by atoms with Crippen LogP contribution in [-0.4, -0.2) is 20.7 Å². The summed E-state index contributed by atoms with van der Waals surface area (Å²) in [6.07, 6.45) is 4.45. The molecule has 112 valence electrons. The van der Waals surface area contributed by atoms with E-state index in [0.29, 0.717) is 5.82 Å². The first-order chi connectivity index (χ1) is 10.7. The summed E-state index contributed by atoms with van der Waals surface area (Å²) in [4.78, 5) is 17.1. The van der Waals surface area contributed by atoms with Gasteiger partial charge in [-0.2, -0.15) is 5.10 Å². The minimum Gasteiger partial charge on any atom is -0.304 e. The summed E-state index contributed by atoms with van der Waals surface area (Å²) in [5.41, 5.74) is 2.01. The van der Waals surface area contributed by atoms with Gasteiger partial charge in [0.2, 0.25) is 0 Å². The van der Waals surface area contributed by atoms with Gasteiger partial charge in [0.1, 0.15) is 0 Å². The number of carbonyl (C=O) groups is 1. The Bertz CT molecular complexity index is 763. The zero-order valence-electron chi connectivity index (χ0n) is 12.2. The monoisotopic (exact) mass is 312 g/mol. The normalized spacial score (nSPS) is 10.6. The SMILES string of the molecule is Cc1ccsc1C(=O)Nc1ccn(CCc2ccccn2)n1. The molecular weight excluding hydrogens is 296 g/mol. The molecule has 0 bridgehead atoms. The molecule has 0 fully saturated rings. The van der Waals surface area contributed by atoms with E-state index in [1.807, 2.05) is 47.4 Å². The average molecular weight is 312 g/mol. The summed E-state index contributed by atoms with van der Waals surface area (Å²) in [7, 11) is 0. The van der Waals surface area contributed by atoms with Crippen LogP contribution in [0.15, 0.2) is 48.1 Å². The van der Waals surface area contributed by atoms with E-state index in [2.05, 4.69) is 15.4 Å². The van der Waals surface area contributed by atoms with E-state index in [9.17, 15) is 4.79 Å². The summed E-state index contributed by atoms with van der Waals surface area (Å²) in [5.74, 6) is 0.460. The molecule has 3 aromatic rings. The zero-order valence-corrected chi connectivity index (χ0v) is 13.0. The lowest BCUT2D eigenvalue weighted by atomic mass is 10.3. The molecule has 0 aliphatic heterocycles. The summed E-state index contributed by atoms with van der Waals surface area (Å²) < 4.78 is 1.81. The van der Waals surface area contributed by atoms with Crippen molar-refractivity contribution >= 4 is 23.1 Å². The Morgan fingerprint density at radius 2 is 2.23 bits per heavy atom. The van der Waals surface area contributed by atoms with Crippen LogP contribution in [0.2, 0.25) is 0 Å². The number of thiophene rings is 1. The van der Waals surface area contributed by atoms with Gasteiger partial charge < -0.3 is 5.32 Å². The molecule has 1 N–H and O–H groups in total. The van der Waals surface area contributed by atoms with Gasteiger partial charge in [-0.1, -0.05) is 6.07 Å². The maximum atomic E-state index is 12.1. The van der Waals surface area contributed by atoms with Crippen LogP contribution in [0.1, 0.15) is 20.9 Å². The van der Waals surface area contributed by atoms with Gasteiger partial charge in [0.15, 0.2) is 5.82 Å². The van der Waals surface area contributed by atoms with Crippen LogP contribution in [0.3, 0.4) is 0 Å². The fourth-order valence-electron chi connectivity index (χ4n) is 2.11. The Balaban J connectivity index is 1.59. The quantitative estimate of drug-likeness (QED) is 0.787. The van der Waals surface area contributed by atoms with Crippen molar-refractivity contribution in [2.24, 2.45) is 0 Å². The van der Waals surface area contributed by atoms with Crippen LogP contribution in [0.4, 0.5) is 5.82 Å². The number of aryl methyl sites for hydroxylation is 3. The van der Waals surface area contributed by atoms with E-state index in [0.717, 1.165) is 29.1 Å². The molecule has 0 spiro atoms. The topological polar surface area (TPSA) is 59.8 Å². The zero-order chi connectivity index (χ0) is 15.4. The van der Waals surface area contributed by atoms with Crippen molar-refractivity contribution in [1.29, 1.82) is 0 Å². The molecule has 0 aliphatic rings. The Hall–Kier alpha value is -2.47. The lowest BCUT2D eigenvalue weighted by Gasteiger charge is -2.02. The minimum atomic E-state index is -0.109. The van der Waals surface area contributed by atoms with Crippen LogP contribution < -0.4 is 5.32 Å². The maximum absolute atomic E-state index is 12.1. The number of carbonyl (C=O) groups excluding carboxylic acids is 1. The molecule has 0 saturated heterocycles. The first kappa shape index (κ1) is 14.5. The summed E-state index contributed by atoms with van der Waals surface area (Å²) in [6, 6.07) is 9.61. The van der Waals surface area contributed by atoms with Crippen molar-refractivity contribution < 1.29 is 4.79 Å². The highest BCUT2D eigenvalue weighted by atomic mass is 32.1. The second-order valence-corrected chi connectivity index (χ2v) is 5.84. The molecule has 6 heteroatoms. The molecule has 0 radical (unpaired) electrons. The molecule has 3 heterocycles. The van der Waals surface area contributed by atoms with Gasteiger partial charge >= 0.3 is 0 Å². The molecule has 22 heavy (non-hydrogen) atoms. The highest BCUT2D eigenvalue weighted by Crippen LogP contribution is 2.17. The first-order valence-electron chi connectivity index (χ1n) is 7.01. The third-order valence-electron chi connectivity index (χ3n) is 3.27. The number of amides is 1. The van der Waals surface area contributed by atoms with Crippen molar-refractivity contribution in [3.05, 3.63) is 64.2 Å². The molecule has 0 saturated carbocycles. The number of nitrogens with one attached hydrogen (secondary N) is 1. The van der Waals surface area contributed by atoms with E-state index < -0.39 is 0 Å². The standard InChI is InChI=1S/C16H16N4OS/c1-12-7-11-22-15(12)16(21)18-14-6-10-20(19-14)9-5-13-4-2-3-8-17-13/h2-4,6-8,10-11H,5,9H2,1H3,(H,18,19,21). The largest absolute Gasteiger partial charge is 0.304 e. The Kier molecular flexibility index (Phi) is 4.29. The number of hydrogen-bond donors (Lipinski definition) is 1.